The first-order valence-corrected chi connectivity index (χ1v) is 5.68. The van der Waals surface area contributed by atoms with E-state index in [2.05, 4.69) is 0 Å². The summed E-state index contributed by atoms with van der Waals surface area (Å²) in [6.45, 7) is 5.23. The van der Waals surface area contributed by atoms with Crippen molar-refractivity contribution >= 4 is 12.2 Å². The van der Waals surface area contributed by atoms with Gasteiger partial charge in [-0.1, -0.05) is 6.07 Å². The number of ether oxygens (including phenoxy) is 1. The molecule has 0 aromatic heterocycles. The van der Waals surface area contributed by atoms with E-state index >= 15 is 0 Å². The Balaban J connectivity index is 2.83. The normalized spacial score (nSPS) is 9.76. The van der Waals surface area contributed by atoms with Gasteiger partial charge in [-0.15, -0.1) is 0 Å². The standard InChI is InChI=1S/C13H17NO3/c1-3-14(4-2)13(16)11-6-5-7-12(10-11)17-9-8-15/h5-8,10H,3-4,9H2,1-2H3. The predicted molar refractivity (Wildman–Crippen MR) is 65.3 cm³/mol. The molecule has 0 saturated carbocycles. The van der Waals surface area contributed by atoms with Gasteiger partial charge in [-0.2, -0.15) is 0 Å². The Labute approximate surface area is 101 Å². The van der Waals surface area contributed by atoms with Crippen LogP contribution in [0.1, 0.15) is 24.2 Å². The molecule has 17 heavy (non-hydrogen) atoms. The lowest BCUT2D eigenvalue weighted by Gasteiger charge is -2.18. The predicted octanol–water partition coefficient (Wildman–Crippen LogP) is 1.75. The molecule has 0 spiro atoms. The third-order valence-electron chi connectivity index (χ3n) is 2.45. The molecular formula is C13H17NO3. The Morgan fingerprint density at radius 1 is 1.35 bits per heavy atom. The minimum Gasteiger partial charge on any atom is -0.486 e. The number of nitrogens with zero attached hydrogens (tertiary/aromatic N) is 1. The molecule has 0 heterocycles. The van der Waals surface area contributed by atoms with Crippen LogP contribution < -0.4 is 4.74 Å². The highest BCUT2D eigenvalue weighted by molar-refractivity contribution is 5.94. The van der Waals surface area contributed by atoms with Gasteiger partial charge in [0.25, 0.3) is 5.91 Å². The zero-order valence-corrected chi connectivity index (χ0v) is 10.2. The fourth-order valence-corrected chi connectivity index (χ4v) is 1.54. The molecule has 0 aliphatic carbocycles. The van der Waals surface area contributed by atoms with Crippen LogP contribution in [0, 0.1) is 0 Å². The van der Waals surface area contributed by atoms with Crippen LogP contribution in [0.25, 0.3) is 0 Å². The fraction of sp³-hybridized carbons (Fsp3) is 0.385. The van der Waals surface area contributed by atoms with Gasteiger partial charge in [-0.25, -0.2) is 0 Å². The number of carbonyl (C=O) groups is 2. The van der Waals surface area contributed by atoms with Crippen molar-refractivity contribution in [3.8, 4) is 5.75 Å². The number of aldehydes is 1. The van der Waals surface area contributed by atoms with Crippen molar-refractivity contribution in [1.29, 1.82) is 0 Å². The molecule has 0 bridgehead atoms. The lowest BCUT2D eigenvalue weighted by Crippen LogP contribution is -2.30. The van der Waals surface area contributed by atoms with Gasteiger partial charge in [0.15, 0.2) is 6.29 Å². The third-order valence-corrected chi connectivity index (χ3v) is 2.45. The zero-order chi connectivity index (χ0) is 12.7. The maximum absolute atomic E-state index is 12.0. The van der Waals surface area contributed by atoms with Crippen molar-refractivity contribution in [2.75, 3.05) is 19.7 Å². The van der Waals surface area contributed by atoms with E-state index in [9.17, 15) is 9.59 Å². The summed E-state index contributed by atoms with van der Waals surface area (Å²) in [6.07, 6.45) is 0.679. The van der Waals surface area contributed by atoms with Gasteiger partial charge in [0.05, 0.1) is 0 Å². The van der Waals surface area contributed by atoms with Gasteiger partial charge in [-0.3, -0.25) is 9.59 Å². The number of hydrogen-bond acceptors (Lipinski definition) is 3. The van der Waals surface area contributed by atoms with Crippen LogP contribution >= 0.6 is 0 Å². The Morgan fingerprint density at radius 3 is 2.65 bits per heavy atom. The molecule has 1 aromatic carbocycles. The molecule has 0 aliphatic rings. The first kappa shape index (κ1) is 13.2. The molecule has 4 heteroatoms. The zero-order valence-electron chi connectivity index (χ0n) is 10.2. The van der Waals surface area contributed by atoms with Crippen molar-refractivity contribution in [2.45, 2.75) is 13.8 Å². The van der Waals surface area contributed by atoms with Gasteiger partial charge < -0.3 is 9.64 Å². The van der Waals surface area contributed by atoms with E-state index in [1.54, 1.807) is 29.2 Å². The highest BCUT2D eigenvalue weighted by atomic mass is 16.5. The van der Waals surface area contributed by atoms with Gasteiger partial charge in [0.2, 0.25) is 0 Å². The lowest BCUT2D eigenvalue weighted by atomic mass is 10.2. The summed E-state index contributed by atoms with van der Waals surface area (Å²) in [5, 5.41) is 0. The summed E-state index contributed by atoms with van der Waals surface area (Å²) in [7, 11) is 0. The SMILES string of the molecule is CCN(CC)C(=O)c1cccc(OCC=O)c1. The average molecular weight is 235 g/mol. The molecule has 0 radical (unpaired) electrons. The van der Waals surface area contributed by atoms with Crippen molar-refractivity contribution in [3.05, 3.63) is 29.8 Å². The van der Waals surface area contributed by atoms with Crippen molar-refractivity contribution in [1.82, 2.24) is 4.90 Å². The van der Waals surface area contributed by atoms with E-state index in [1.165, 1.54) is 0 Å². The second-order valence-electron chi connectivity index (χ2n) is 3.48. The van der Waals surface area contributed by atoms with E-state index in [0.717, 1.165) is 0 Å². The van der Waals surface area contributed by atoms with Crippen LogP contribution in [0.15, 0.2) is 24.3 Å². The highest BCUT2D eigenvalue weighted by Gasteiger charge is 2.12. The molecular weight excluding hydrogens is 218 g/mol. The van der Waals surface area contributed by atoms with E-state index < -0.39 is 0 Å². The molecule has 0 N–H and O–H groups in total. The largest absolute Gasteiger partial charge is 0.486 e. The fourth-order valence-electron chi connectivity index (χ4n) is 1.54. The minimum atomic E-state index is -0.0217. The quantitative estimate of drug-likeness (QED) is 0.706. The molecule has 1 rings (SSSR count). The third kappa shape index (κ3) is 3.59. The van der Waals surface area contributed by atoms with E-state index in [0.29, 0.717) is 30.7 Å². The summed E-state index contributed by atoms with van der Waals surface area (Å²) in [5.74, 6) is 0.515. The van der Waals surface area contributed by atoms with Crippen molar-refractivity contribution in [3.63, 3.8) is 0 Å². The lowest BCUT2D eigenvalue weighted by molar-refractivity contribution is -0.109. The van der Waals surface area contributed by atoms with Gasteiger partial charge >= 0.3 is 0 Å². The monoisotopic (exact) mass is 235 g/mol. The molecule has 92 valence electrons. The van der Waals surface area contributed by atoms with E-state index in [1.807, 2.05) is 13.8 Å². The number of carbonyl (C=O) groups excluding carboxylic acids is 2. The van der Waals surface area contributed by atoms with Gasteiger partial charge in [0.1, 0.15) is 12.4 Å². The first-order valence-electron chi connectivity index (χ1n) is 5.68. The number of hydrogen-bond donors (Lipinski definition) is 0. The Bertz CT molecular complexity index is 386. The summed E-state index contributed by atoms with van der Waals surface area (Å²) in [6, 6.07) is 6.87. The molecule has 0 atom stereocenters. The molecule has 0 unspecified atom stereocenters. The summed E-state index contributed by atoms with van der Waals surface area (Å²) < 4.78 is 5.15. The molecule has 0 saturated heterocycles. The van der Waals surface area contributed by atoms with E-state index in [-0.39, 0.29) is 12.5 Å². The van der Waals surface area contributed by atoms with Crippen LogP contribution in [0.4, 0.5) is 0 Å². The Kier molecular flexibility index (Phi) is 5.20. The molecule has 1 aromatic rings. The Hall–Kier alpha value is -1.84. The van der Waals surface area contributed by atoms with Crippen LogP contribution in [0.3, 0.4) is 0 Å². The van der Waals surface area contributed by atoms with Crippen LogP contribution in [0.5, 0.6) is 5.75 Å². The van der Waals surface area contributed by atoms with Crippen LogP contribution in [-0.4, -0.2) is 36.8 Å². The smallest absolute Gasteiger partial charge is 0.253 e. The summed E-state index contributed by atoms with van der Waals surface area (Å²) >= 11 is 0. The van der Waals surface area contributed by atoms with Crippen molar-refractivity contribution < 1.29 is 14.3 Å². The highest BCUT2D eigenvalue weighted by Crippen LogP contribution is 2.14. The van der Waals surface area contributed by atoms with Gasteiger partial charge in [-0.05, 0) is 32.0 Å². The number of rotatable bonds is 6. The molecule has 0 fully saturated rings. The molecule has 0 aliphatic heterocycles. The maximum atomic E-state index is 12.0. The summed E-state index contributed by atoms with van der Waals surface area (Å²) in [5.41, 5.74) is 0.581. The first-order chi connectivity index (χ1) is 8.22. The second kappa shape index (κ2) is 6.68. The second-order valence-corrected chi connectivity index (χ2v) is 3.48. The minimum absolute atomic E-state index is 0.00289. The maximum Gasteiger partial charge on any atom is 0.253 e. The van der Waals surface area contributed by atoms with Gasteiger partial charge in [0, 0.05) is 18.7 Å². The van der Waals surface area contributed by atoms with Crippen LogP contribution in [0.2, 0.25) is 0 Å². The number of amides is 1. The average Bonchev–Trinajstić information content (AvgIpc) is 2.38. The molecule has 4 nitrogen and oxygen atoms in total. The Morgan fingerprint density at radius 2 is 2.06 bits per heavy atom. The molecule has 1 amide bonds. The van der Waals surface area contributed by atoms with Crippen molar-refractivity contribution in [2.24, 2.45) is 0 Å². The topological polar surface area (TPSA) is 46.6 Å². The summed E-state index contributed by atoms with van der Waals surface area (Å²) in [4.78, 5) is 24.0. The van der Waals surface area contributed by atoms with Crippen LogP contribution in [-0.2, 0) is 4.79 Å². The van der Waals surface area contributed by atoms with E-state index in [4.69, 9.17) is 4.74 Å². The number of benzene rings is 1.